The molecule has 1 saturated heterocycles. The molecule has 1 saturated carbocycles. The molecule has 2 fully saturated rings. The number of aromatic amines is 1. The second kappa shape index (κ2) is 5.51. The number of carbonyl (C=O) groups excluding carboxylic acids is 1. The molecule has 3 heterocycles. The number of hydrogen-bond acceptors (Lipinski definition) is 3. The summed E-state index contributed by atoms with van der Waals surface area (Å²) >= 11 is 0. The molecule has 23 heavy (non-hydrogen) atoms. The van der Waals surface area contributed by atoms with Gasteiger partial charge in [-0.3, -0.25) is 14.6 Å². The van der Waals surface area contributed by atoms with Crippen LogP contribution in [0.4, 0.5) is 0 Å². The maximum absolute atomic E-state index is 12.8. The molecule has 6 heteroatoms. The highest BCUT2D eigenvalue weighted by atomic mass is 16.2. The summed E-state index contributed by atoms with van der Waals surface area (Å²) < 4.78 is 1.81. The summed E-state index contributed by atoms with van der Waals surface area (Å²) in [6, 6.07) is 2.11. The molecule has 0 unspecified atom stereocenters. The third-order valence-electron chi connectivity index (χ3n) is 5.14. The summed E-state index contributed by atoms with van der Waals surface area (Å²) in [6.45, 7) is 3.71. The summed E-state index contributed by atoms with van der Waals surface area (Å²) in [6.07, 6.45) is 7.07. The highest BCUT2D eigenvalue weighted by Crippen LogP contribution is 2.48. The zero-order chi connectivity index (χ0) is 16.0. The van der Waals surface area contributed by atoms with Gasteiger partial charge in [0.25, 0.3) is 0 Å². The van der Waals surface area contributed by atoms with Crippen LogP contribution in [0.1, 0.15) is 48.0 Å². The van der Waals surface area contributed by atoms with Crippen molar-refractivity contribution >= 4 is 5.91 Å². The minimum atomic E-state index is 0.152. The highest BCUT2D eigenvalue weighted by Gasteiger charge is 2.47. The number of H-pyrrole nitrogens is 1. The lowest BCUT2D eigenvalue weighted by atomic mass is 9.94. The average molecular weight is 313 g/mol. The summed E-state index contributed by atoms with van der Waals surface area (Å²) in [5.41, 5.74) is 3.38. The van der Waals surface area contributed by atoms with Gasteiger partial charge in [-0.1, -0.05) is 0 Å². The molecule has 122 valence electrons. The number of hydrogen-bond donors (Lipinski definition) is 1. The molecule has 3 atom stereocenters. The van der Waals surface area contributed by atoms with E-state index >= 15 is 0 Å². The smallest absolute Gasteiger partial charge is 0.226 e. The first kappa shape index (κ1) is 14.5. The Morgan fingerprint density at radius 3 is 3.00 bits per heavy atom. The first-order valence-electron chi connectivity index (χ1n) is 8.41. The van der Waals surface area contributed by atoms with Gasteiger partial charge in [0.05, 0.1) is 11.9 Å². The highest BCUT2D eigenvalue weighted by molar-refractivity contribution is 5.83. The molecule has 2 aromatic rings. The van der Waals surface area contributed by atoms with Crippen molar-refractivity contribution in [3.63, 3.8) is 0 Å². The second-order valence-electron chi connectivity index (χ2n) is 7.00. The van der Waals surface area contributed by atoms with Gasteiger partial charge in [0.15, 0.2) is 0 Å². The van der Waals surface area contributed by atoms with Gasteiger partial charge < -0.3 is 4.90 Å². The number of rotatable bonds is 3. The number of nitrogens with one attached hydrogen (secondary N) is 1. The quantitative estimate of drug-likeness (QED) is 0.942. The van der Waals surface area contributed by atoms with Gasteiger partial charge in [-0.15, -0.1) is 0 Å². The van der Waals surface area contributed by atoms with Gasteiger partial charge in [-0.05, 0) is 43.7 Å². The summed E-state index contributed by atoms with van der Waals surface area (Å²) in [4.78, 5) is 14.9. The van der Waals surface area contributed by atoms with E-state index in [0.717, 1.165) is 43.7 Å². The predicted octanol–water partition coefficient (Wildman–Crippen LogP) is 1.96. The Morgan fingerprint density at radius 2 is 2.30 bits per heavy atom. The molecule has 2 aromatic heterocycles. The van der Waals surface area contributed by atoms with Crippen LogP contribution in [0.5, 0.6) is 0 Å². The van der Waals surface area contributed by atoms with Crippen LogP contribution in [-0.4, -0.2) is 43.9 Å². The van der Waals surface area contributed by atoms with Crippen molar-refractivity contribution in [2.24, 2.45) is 13.0 Å². The molecule has 6 nitrogen and oxygen atoms in total. The second-order valence-corrected chi connectivity index (χ2v) is 7.00. The van der Waals surface area contributed by atoms with Gasteiger partial charge in [-0.2, -0.15) is 10.2 Å². The van der Waals surface area contributed by atoms with E-state index in [-0.39, 0.29) is 5.92 Å². The van der Waals surface area contributed by atoms with Crippen molar-refractivity contribution in [1.82, 2.24) is 24.9 Å². The van der Waals surface area contributed by atoms with Crippen LogP contribution >= 0.6 is 0 Å². The number of aromatic nitrogens is 4. The van der Waals surface area contributed by atoms with E-state index in [0.29, 0.717) is 17.7 Å². The van der Waals surface area contributed by atoms with Crippen LogP contribution in [0.2, 0.25) is 0 Å². The summed E-state index contributed by atoms with van der Waals surface area (Å²) in [5.74, 6) is 1.20. The normalized spacial score (nSPS) is 27.2. The molecule has 0 radical (unpaired) electrons. The van der Waals surface area contributed by atoms with E-state index in [9.17, 15) is 4.79 Å². The Hall–Kier alpha value is -2.11. The maximum atomic E-state index is 12.8. The van der Waals surface area contributed by atoms with Crippen molar-refractivity contribution in [2.45, 2.75) is 38.0 Å². The van der Waals surface area contributed by atoms with E-state index in [2.05, 4.69) is 26.3 Å². The summed E-state index contributed by atoms with van der Waals surface area (Å²) in [5, 5.41) is 11.6. The van der Waals surface area contributed by atoms with Crippen LogP contribution in [0, 0.1) is 12.8 Å². The molecule has 0 aromatic carbocycles. The molecular formula is C17H23N5O. The zero-order valence-electron chi connectivity index (χ0n) is 13.7. The van der Waals surface area contributed by atoms with Crippen molar-refractivity contribution < 1.29 is 4.79 Å². The zero-order valence-corrected chi connectivity index (χ0v) is 13.7. The van der Waals surface area contributed by atoms with E-state index in [1.165, 1.54) is 5.56 Å². The number of amides is 1. The topological polar surface area (TPSA) is 66.8 Å². The molecule has 1 N–H and O–H groups in total. The first-order chi connectivity index (χ1) is 11.1. The van der Waals surface area contributed by atoms with Crippen LogP contribution in [0.25, 0.3) is 0 Å². The Balaban J connectivity index is 1.41. The van der Waals surface area contributed by atoms with Gasteiger partial charge in [0.2, 0.25) is 5.91 Å². The number of carbonyl (C=O) groups is 1. The number of likely N-dealkylation sites (tertiary alicyclic amines) is 1. The molecule has 4 rings (SSSR count). The standard InChI is InChI=1S/C17H23N5O/c1-11-6-16(20-19-11)12-4-3-5-22(10-12)17(23)15-7-14(15)13-8-18-21(2)9-13/h6,8-9,12,14-15H,3-5,7,10H2,1-2H3,(H,19,20)/t12-,14-,15+/m1/s1. The maximum Gasteiger partial charge on any atom is 0.226 e. The summed E-state index contributed by atoms with van der Waals surface area (Å²) in [7, 11) is 1.92. The Morgan fingerprint density at radius 1 is 1.43 bits per heavy atom. The van der Waals surface area contributed by atoms with Crippen LogP contribution in [0.15, 0.2) is 18.5 Å². The lowest BCUT2D eigenvalue weighted by Gasteiger charge is -2.32. The fourth-order valence-electron chi connectivity index (χ4n) is 3.77. The van der Waals surface area contributed by atoms with E-state index in [4.69, 9.17) is 0 Å². The van der Waals surface area contributed by atoms with Crippen molar-refractivity contribution in [2.75, 3.05) is 13.1 Å². The third-order valence-corrected chi connectivity index (χ3v) is 5.14. The molecular weight excluding hydrogens is 290 g/mol. The van der Waals surface area contributed by atoms with Gasteiger partial charge >= 0.3 is 0 Å². The van der Waals surface area contributed by atoms with E-state index in [1.54, 1.807) is 0 Å². The number of piperidine rings is 1. The molecule has 1 aliphatic heterocycles. The lowest BCUT2D eigenvalue weighted by Crippen LogP contribution is -2.40. The third kappa shape index (κ3) is 2.78. The fraction of sp³-hybridized carbons (Fsp3) is 0.588. The van der Waals surface area contributed by atoms with Gasteiger partial charge in [0.1, 0.15) is 0 Å². The lowest BCUT2D eigenvalue weighted by molar-refractivity contribution is -0.133. The van der Waals surface area contributed by atoms with Crippen LogP contribution in [-0.2, 0) is 11.8 Å². The SMILES string of the molecule is Cc1cc([C@@H]2CCCN(C(=O)[C@H]3C[C@@H]3c3cnn(C)c3)C2)n[nH]1. The van der Waals surface area contributed by atoms with Gasteiger partial charge in [-0.25, -0.2) is 0 Å². The minimum Gasteiger partial charge on any atom is -0.342 e. The first-order valence-corrected chi connectivity index (χ1v) is 8.41. The Kier molecular flexibility index (Phi) is 3.47. The Bertz CT molecular complexity index is 718. The molecule has 1 amide bonds. The van der Waals surface area contributed by atoms with Gasteiger partial charge in [0, 0.05) is 43.9 Å². The van der Waals surface area contributed by atoms with Crippen molar-refractivity contribution in [3.05, 3.63) is 35.4 Å². The monoisotopic (exact) mass is 313 g/mol. The minimum absolute atomic E-state index is 0.152. The Labute approximate surface area is 135 Å². The van der Waals surface area contributed by atoms with Crippen LogP contribution in [0.3, 0.4) is 0 Å². The average Bonchev–Trinajstić information content (AvgIpc) is 3.04. The molecule has 2 aliphatic rings. The number of nitrogens with zero attached hydrogens (tertiary/aromatic N) is 4. The van der Waals surface area contributed by atoms with E-state index < -0.39 is 0 Å². The van der Waals surface area contributed by atoms with Crippen molar-refractivity contribution in [3.8, 4) is 0 Å². The molecule has 0 bridgehead atoms. The molecule has 0 spiro atoms. The van der Waals surface area contributed by atoms with Crippen molar-refractivity contribution in [1.29, 1.82) is 0 Å². The largest absolute Gasteiger partial charge is 0.342 e. The molecule has 1 aliphatic carbocycles. The fourth-order valence-corrected chi connectivity index (χ4v) is 3.77. The number of aryl methyl sites for hydroxylation is 2. The predicted molar refractivity (Wildman–Crippen MR) is 85.9 cm³/mol. The van der Waals surface area contributed by atoms with Crippen LogP contribution < -0.4 is 0 Å². The van der Waals surface area contributed by atoms with E-state index in [1.807, 2.05) is 31.0 Å².